The first kappa shape index (κ1) is 108. The summed E-state index contributed by atoms with van der Waals surface area (Å²) >= 11 is 0. The van der Waals surface area contributed by atoms with Gasteiger partial charge in [0, 0.05) is 76.5 Å². The van der Waals surface area contributed by atoms with Gasteiger partial charge in [-0.2, -0.15) is 0 Å². The summed E-state index contributed by atoms with van der Waals surface area (Å²) in [5.41, 5.74) is 28.9. The Bertz CT molecular complexity index is 4200. The molecule has 3 aliphatic rings. The average Bonchev–Trinajstić information content (AvgIpc) is 1.69. The number of carboxylic acid groups (broad SMARTS) is 1. The second-order valence-electron chi connectivity index (χ2n) is 34.4. The van der Waals surface area contributed by atoms with E-state index in [2.05, 4.69) is 95.7 Å². The van der Waals surface area contributed by atoms with E-state index < -0.39 is 229 Å². The maximum absolute atomic E-state index is 14.7. The third-order valence-corrected chi connectivity index (χ3v) is 22.4. The van der Waals surface area contributed by atoms with Crippen LogP contribution >= 0.6 is 0 Å². The lowest BCUT2D eigenvalue weighted by Crippen LogP contribution is -2.59. The van der Waals surface area contributed by atoms with Crippen molar-refractivity contribution in [2.75, 3.05) is 39.3 Å². The fourth-order valence-corrected chi connectivity index (χ4v) is 15.6. The standard InChI is InChI=1S/C86H137N25O19/c1-46(2)31-32-63(109-77(123)56-25-17-27-58(56)105-80(126)61(30-19-35-96-86(92)93)103-70(115)40-53(36-47(3)4)101-74(120)48(5)98-78(124)57-43-94-44-67(57)100-50(7)112)81(127)106-59-28-16-24-55(59)76(122)108-62(26-14-15-33-87)79(125)102-54(37-51-20-10-8-11-21-51)39-69(114)97-45-71(116)104-66(42-72(117)118)82(128)99-49(6)75(121)110-64(38-52-22-12-9-13-23-52)83(129)111-65(41-68(88)113)84(130)107-60(73(89)119)29-18-34-95-85(90)91/h8-13,20-23,46-49,53-67,94H,14-19,24-45,87H2,1-7H3,(H2,88,113)(H2,89,119)(H,97,114)(H,98,124)(H,99,128)(H,100,112)(H,101,120)(H,102,125)(H,103,115)(H,104,116)(H,105,126)(H,106,127)(H,107,130)(H,108,122)(H,109,123)(H,110,121)(H,111,129)(H,117,118)(H4,90,91,95)(H4,92,93,96)/t48-,49-,53-,54-,55-,56-,57-,58-,59-,60-,61-,62-,63-,64-,65-,66-,67-/m0/s1. The number of carbonyl (C=O) groups is 18. The van der Waals surface area contributed by atoms with E-state index in [-0.39, 0.29) is 114 Å². The molecule has 130 heavy (non-hydrogen) atoms. The zero-order valence-electron chi connectivity index (χ0n) is 75.2. The molecule has 31 N–H and O–H groups in total. The maximum Gasteiger partial charge on any atom is 0.305 e. The van der Waals surface area contributed by atoms with E-state index in [9.17, 15) is 91.4 Å². The van der Waals surface area contributed by atoms with E-state index in [4.69, 9.17) is 39.5 Å². The van der Waals surface area contributed by atoms with Crippen LogP contribution in [0.5, 0.6) is 0 Å². The second-order valence-corrected chi connectivity index (χ2v) is 34.4. The molecule has 0 aromatic heterocycles. The SMILES string of the molecule is CC(=O)N[C@H]1CNC[C@@H]1C(=O)N[C@@H](C)C(=O)N[C@H](CC(=O)N[C@@H](CCCNC(=N)N)C(=O)N[C@H]1CCC[C@@H]1C(=O)N[C@@H](CCC(C)C)C(=O)N[C@H]1CCC[C@@H]1C(=O)N[C@@H](CCCCN)C(=O)N[C@H](CC(=O)NCC(=O)N[C@@H](CC(=O)O)C(=O)N[C@@H](C)C(=O)N[C@@H](Cc1ccccc1)C(=O)N[C@@H](CC(N)=O)C(=O)N[C@@H](CCCNC(=N)N)C(N)=O)Cc1ccccc1)CC(C)C. The normalized spacial score (nSPS) is 18.8. The monoisotopic (exact) mass is 1820 g/mol. The first-order valence-electron chi connectivity index (χ1n) is 44.5. The smallest absolute Gasteiger partial charge is 0.305 e. The number of hydrogen-bond donors (Lipinski definition) is 26. The highest BCUT2D eigenvalue weighted by atomic mass is 16.4. The molecule has 720 valence electrons. The molecule has 17 atom stereocenters. The molecule has 2 aromatic rings. The minimum absolute atomic E-state index is 0.00654. The van der Waals surface area contributed by atoms with Crippen LogP contribution in [0.2, 0.25) is 0 Å². The summed E-state index contributed by atoms with van der Waals surface area (Å²) in [6, 6.07) is 0.709. The lowest BCUT2D eigenvalue weighted by molar-refractivity contribution is -0.141. The van der Waals surface area contributed by atoms with Gasteiger partial charge in [0.1, 0.15) is 54.4 Å². The minimum Gasteiger partial charge on any atom is -0.481 e. The summed E-state index contributed by atoms with van der Waals surface area (Å²) in [6.45, 7) is 12.1. The van der Waals surface area contributed by atoms with Gasteiger partial charge < -0.3 is 129 Å². The first-order chi connectivity index (χ1) is 61.6. The highest BCUT2D eigenvalue weighted by Gasteiger charge is 2.42. The molecular formula is C86H137N25O19. The number of primary amides is 2. The van der Waals surface area contributed by atoms with Crippen LogP contribution in [-0.4, -0.2) is 247 Å². The third kappa shape index (κ3) is 39.9. The average molecular weight is 1830 g/mol. The van der Waals surface area contributed by atoms with E-state index in [0.29, 0.717) is 81.9 Å². The molecule has 2 aromatic carbocycles. The van der Waals surface area contributed by atoms with Crippen LogP contribution in [0.4, 0.5) is 0 Å². The van der Waals surface area contributed by atoms with Crippen molar-refractivity contribution in [2.45, 2.75) is 274 Å². The predicted molar refractivity (Wildman–Crippen MR) is 478 cm³/mol. The number of aliphatic carboxylic acids is 1. The predicted octanol–water partition coefficient (Wildman–Crippen LogP) is -4.99. The minimum atomic E-state index is -1.87. The molecule has 0 spiro atoms. The van der Waals surface area contributed by atoms with Gasteiger partial charge in [-0.15, -0.1) is 0 Å². The highest BCUT2D eigenvalue weighted by Crippen LogP contribution is 2.29. The molecule has 5 rings (SSSR count). The zero-order chi connectivity index (χ0) is 96.3. The number of hydrogen-bond acceptors (Lipinski definition) is 22. The van der Waals surface area contributed by atoms with Crippen LogP contribution in [-0.2, 0) is 99.1 Å². The van der Waals surface area contributed by atoms with E-state index in [0.717, 1.165) is 0 Å². The van der Waals surface area contributed by atoms with Gasteiger partial charge in [0.05, 0.1) is 43.2 Å². The number of carbonyl (C=O) groups excluding carboxylic acids is 17. The van der Waals surface area contributed by atoms with Crippen molar-refractivity contribution in [3.63, 3.8) is 0 Å². The van der Waals surface area contributed by atoms with Crippen LogP contribution in [0.1, 0.15) is 188 Å². The van der Waals surface area contributed by atoms with Gasteiger partial charge >= 0.3 is 5.97 Å². The molecule has 2 saturated carbocycles. The van der Waals surface area contributed by atoms with Gasteiger partial charge in [0.25, 0.3) is 0 Å². The van der Waals surface area contributed by atoms with E-state index >= 15 is 0 Å². The van der Waals surface area contributed by atoms with Gasteiger partial charge in [-0.05, 0) is 140 Å². The fraction of sp³-hybridized carbons (Fsp3) is 0.628. The molecule has 44 heteroatoms. The molecule has 17 amide bonds. The third-order valence-electron chi connectivity index (χ3n) is 22.4. The van der Waals surface area contributed by atoms with E-state index in [1.807, 2.05) is 27.7 Å². The Hall–Kier alpha value is -12.6. The number of carboxylic acids is 1. The Morgan fingerprint density at radius 3 is 1.40 bits per heavy atom. The van der Waals surface area contributed by atoms with Crippen molar-refractivity contribution >= 4 is 118 Å². The summed E-state index contributed by atoms with van der Waals surface area (Å²) in [7, 11) is 0. The largest absolute Gasteiger partial charge is 0.481 e. The van der Waals surface area contributed by atoms with Crippen molar-refractivity contribution in [2.24, 2.45) is 58.3 Å². The second kappa shape index (κ2) is 56.0. The van der Waals surface area contributed by atoms with Crippen molar-refractivity contribution < 1.29 is 91.4 Å². The van der Waals surface area contributed by atoms with Gasteiger partial charge in [-0.1, -0.05) is 101 Å². The lowest BCUT2D eigenvalue weighted by atomic mass is 9.97. The molecule has 0 bridgehead atoms. The zero-order valence-corrected chi connectivity index (χ0v) is 75.2. The number of guanidine groups is 2. The summed E-state index contributed by atoms with van der Waals surface area (Å²) in [5.74, 6) is -17.4. The Morgan fingerprint density at radius 1 is 0.408 bits per heavy atom. The molecule has 2 aliphatic carbocycles. The van der Waals surface area contributed by atoms with Crippen molar-refractivity contribution in [1.82, 2.24) is 95.7 Å². The number of nitrogens with two attached hydrogens (primary N) is 5. The molecule has 0 radical (unpaired) electrons. The number of nitrogens with one attached hydrogen (secondary N) is 20. The highest BCUT2D eigenvalue weighted by molar-refractivity contribution is 5.99. The topological polar surface area (TPSA) is 722 Å². The summed E-state index contributed by atoms with van der Waals surface area (Å²) in [6.07, 6.45) is 2.12. The fourth-order valence-electron chi connectivity index (χ4n) is 15.6. The first-order valence-corrected chi connectivity index (χ1v) is 44.5. The van der Waals surface area contributed by atoms with Gasteiger partial charge in [0.2, 0.25) is 100 Å². The van der Waals surface area contributed by atoms with Crippen LogP contribution in [0.3, 0.4) is 0 Å². The van der Waals surface area contributed by atoms with Gasteiger partial charge in [-0.3, -0.25) is 97.1 Å². The molecule has 1 aliphatic heterocycles. The molecule has 1 saturated heterocycles. The van der Waals surface area contributed by atoms with Crippen LogP contribution in [0.25, 0.3) is 0 Å². The van der Waals surface area contributed by atoms with Crippen molar-refractivity contribution in [3.8, 4) is 0 Å². The maximum atomic E-state index is 14.7. The molecule has 0 unspecified atom stereocenters. The Kier molecular flexibility index (Phi) is 46.4. The van der Waals surface area contributed by atoms with Crippen LogP contribution < -0.4 is 124 Å². The molecule has 44 nitrogen and oxygen atoms in total. The Labute approximate surface area is 756 Å². The van der Waals surface area contributed by atoms with Gasteiger partial charge in [-0.25, -0.2) is 0 Å². The van der Waals surface area contributed by atoms with Gasteiger partial charge in [0.15, 0.2) is 11.9 Å². The van der Waals surface area contributed by atoms with Crippen LogP contribution in [0.15, 0.2) is 60.7 Å². The lowest BCUT2D eigenvalue weighted by Gasteiger charge is -2.29. The summed E-state index contributed by atoms with van der Waals surface area (Å²) in [4.78, 5) is 245. The molecule has 1 heterocycles. The van der Waals surface area contributed by atoms with Crippen LogP contribution in [0, 0.1) is 40.4 Å². The summed E-state index contributed by atoms with van der Waals surface area (Å²) in [5, 5.41) is 73.3. The van der Waals surface area contributed by atoms with Crippen molar-refractivity contribution in [3.05, 3.63) is 71.8 Å². The number of amides is 17. The van der Waals surface area contributed by atoms with E-state index in [1.165, 1.54) is 20.8 Å². The Morgan fingerprint density at radius 2 is 0.869 bits per heavy atom. The molecular weight excluding hydrogens is 1690 g/mol. The Balaban J connectivity index is 1.23. The summed E-state index contributed by atoms with van der Waals surface area (Å²) < 4.78 is 0. The number of rotatable bonds is 57. The number of unbranched alkanes of at least 4 members (excludes halogenated alkanes) is 1. The quantitative estimate of drug-likeness (QED) is 0.0168. The van der Waals surface area contributed by atoms with E-state index in [1.54, 1.807) is 60.7 Å². The molecule has 3 fully saturated rings. The van der Waals surface area contributed by atoms with Crippen molar-refractivity contribution in [1.29, 1.82) is 10.8 Å². The number of benzene rings is 2.